The van der Waals surface area contributed by atoms with Crippen LogP contribution in [-0.2, 0) is 22.1 Å². The predicted molar refractivity (Wildman–Crippen MR) is 75.7 cm³/mol. The normalized spacial score (nSPS) is 13.0. The minimum Gasteiger partial charge on any atom is -0.398 e. The van der Waals surface area contributed by atoms with Crippen LogP contribution in [0.2, 0.25) is 0 Å². The fraction of sp³-hybridized carbons (Fsp3) is 0.400. The highest BCUT2D eigenvalue weighted by atomic mass is 19.4. The molecule has 1 aromatic rings. The largest absolute Gasteiger partial charge is 0.418 e. The van der Waals surface area contributed by atoms with E-state index in [1.165, 1.54) is 19.1 Å². The van der Waals surface area contributed by atoms with Crippen LogP contribution in [0, 0.1) is 0 Å². The fourth-order valence-electron chi connectivity index (χ4n) is 1.99. The summed E-state index contributed by atoms with van der Waals surface area (Å²) in [6.45, 7) is 6.83. The first kappa shape index (κ1) is 17.2. The Morgan fingerprint density at radius 3 is 2.52 bits per heavy atom. The Labute approximate surface area is 121 Å². The Bertz CT molecular complexity index is 538. The lowest BCUT2D eigenvalue weighted by atomic mass is 9.97. The lowest BCUT2D eigenvalue weighted by molar-refractivity contribution is -0.137. The van der Waals surface area contributed by atoms with Gasteiger partial charge in [-0.1, -0.05) is 12.7 Å². The topological polar surface area (TPSA) is 52.3 Å². The van der Waals surface area contributed by atoms with E-state index in [-0.39, 0.29) is 23.5 Å². The van der Waals surface area contributed by atoms with Crippen molar-refractivity contribution in [2.75, 3.05) is 12.3 Å². The van der Waals surface area contributed by atoms with Crippen LogP contribution in [0.25, 0.3) is 6.08 Å². The van der Waals surface area contributed by atoms with Crippen LogP contribution in [0.1, 0.15) is 30.5 Å². The van der Waals surface area contributed by atoms with E-state index in [1.807, 2.05) is 0 Å². The Hall–Kier alpha value is -1.82. The molecule has 6 heteroatoms. The first-order valence-corrected chi connectivity index (χ1v) is 6.44. The molecule has 0 aromatic heterocycles. The van der Waals surface area contributed by atoms with Crippen LogP contribution in [0.4, 0.5) is 18.9 Å². The lowest BCUT2D eigenvalue weighted by Crippen LogP contribution is -2.25. The quantitative estimate of drug-likeness (QED) is 0.819. The molecule has 1 atom stereocenters. The van der Waals surface area contributed by atoms with Crippen LogP contribution < -0.4 is 5.73 Å². The van der Waals surface area contributed by atoms with E-state index in [4.69, 9.17) is 10.5 Å². The monoisotopic (exact) mass is 301 g/mol. The van der Waals surface area contributed by atoms with Crippen molar-refractivity contribution in [1.82, 2.24) is 0 Å². The zero-order valence-electron chi connectivity index (χ0n) is 12.0. The van der Waals surface area contributed by atoms with Crippen molar-refractivity contribution in [2.24, 2.45) is 0 Å². The number of hydrogen-bond acceptors (Lipinski definition) is 3. The molecule has 0 spiro atoms. The van der Waals surface area contributed by atoms with Gasteiger partial charge in [0.05, 0.1) is 11.3 Å². The summed E-state index contributed by atoms with van der Waals surface area (Å²) in [5, 5.41) is 0. The van der Waals surface area contributed by atoms with Gasteiger partial charge in [-0.25, -0.2) is 0 Å². The highest BCUT2D eigenvalue weighted by molar-refractivity contribution is 5.81. The molecular weight excluding hydrogens is 283 g/mol. The molecule has 0 heterocycles. The van der Waals surface area contributed by atoms with Crippen LogP contribution in [-0.4, -0.2) is 18.5 Å². The van der Waals surface area contributed by atoms with E-state index >= 15 is 0 Å². The summed E-state index contributed by atoms with van der Waals surface area (Å²) in [4.78, 5) is 11.4. The number of ketones is 1. The van der Waals surface area contributed by atoms with E-state index in [9.17, 15) is 18.0 Å². The Morgan fingerprint density at radius 2 is 2.10 bits per heavy atom. The lowest BCUT2D eigenvalue weighted by Gasteiger charge is -2.18. The molecular formula is C15H18F3NO2. The number of anilines is 1. The minimum absolute atomic E-state index is 0.0629. The Kier molecular flexibility index (Phi) is 5.54. The molecule has 0 unspecified atom stereocenters. The number of nitrogens with two attached hydrogens (primary N) is 1. The average molecular weight is 301 g/mol. The van der Waals surface area contributed by atoms with Gasteiger partial charge in [-0.15, -0.1) is 0 Å². The second-order valence-electron chi connectivity index (χ2n) is 4.61. The van der Waals surface area contributed by atoms with Gasteiger partial charge in [-0.2, -0.15) is 13.2 Å². The van der Waals surface area contributed by atoms with Crippen LogP contribution >= 0.6 is 0 Å². The van der Waals surface area contributed by atoms with Crippen molar-refractivity contribution in [1.29, 1.82) is 0 Å². The van der Waals surface area contributed by atoms with Crippen molar-refractivity contribution < 1.29 is 22.7 Å². The molecule has 3 nitrogen and oxygen atoms in total. The van der Waals surface area contributed by atoms with Gasteiger partial charge in [0.1, 0.15) is 6.10 Å². The number of carbonyl (C=O) groups is 1. The van der Waals surface area contributed by atoms with Gasteiger partial charge in [0.25, 0.3) is 0 Å². The van der Waals surface area contributed by atoms with E-state index in [0.29, 0.717) is 12.2 Å². The molecule has 0 aliphatic heterocycles. The van der Waals surface area contributed by atoms with Crippen molar-refractivity contribution >= 4 is 17.5 Å². The molecule has 0 aliphatic carbocycles. The smallest absolute Gasteiger partial charge is 0.398 e. The molecule has 1 rings (SSSR count). The number of hydrogen-bond donors (Lipinski definition) is 1. The van der Waals surface area contributed by atoms with E-state index in [2.05, 4.69) is 6.58 Å². The molecule has 0 bridgehead atoms. The minimum atomic E-state index is -4.56. The molecule has 1 aromatic carbocycles. The van der Waals surface area contributed by atoms with Gasteiger partial charge < -0.3 is 10.5 Å². The predicted octanol–water partition coefficient (Wildman–Crippen LogP) is 3.47. The third kappa shape index (κ3) is 4.32. The van der Waals surface area contributed by atoms with Gasteiger partial charge in [0, 0.05) is 13.0 Å². The number of Topliss-reactive ketones (excluding diaryl/α,β-unsaturated/α-hetero) is 1. The summed E-state index contributed by atoms with van der Waals surface area (Å²) < 4.78 is 44.2. The molecule has 2 N–H and O–H groups in total. The number of ether oxygens (including phenoxy) is 1. The van der Waals surface area contributed by atoms with Crippen molar-refractivity contribution in [3.63, 3.8) is 0 Å². The standard InChI is InChI=1S/C15H18F3NO2/c1-4-11-6-10(8-13(9(3)20)21-5-2)7-12(14(11)19)15(16,17)18/h4,6-7,13H,1,5,8,19H2,2-3H3/t13-/m1/s1. The number of benzene rings is 1. The van der Waals surface area contributed by atoms with E-state index in [1.54, 1.807) is 6.92 Å². The first-order chi connectivity index (χ1) is 9.70. The summed E-state index contributed by atoms with van der Waals surface area (Å²) in [6, 6.07) is 2.45. The summed E-state index contributed by atoms with van der Waals surface area (Å²) in [7, 11) is 0. The molecule has 21 heavy (non-hydrogen) atoms. The van der Waals surface area contributed by atoms with Crippen LogP contribution in [0.3, 0.4) is 0 Å². The molecule has 0 fully saturated rings. The highest BCUT2D eigenvalue weighted by Gasteiger charge is 2.34. The Morgan fingerprint density at radius 1 is 1.48 bits per heavy atom. The zero-order valence-corrected chi connectivity index (χ0v) is 12.0. The Balaban J connectivity index is 3.25. The van der Waals surface area contributed by atoms with Crippen LogP contribution in [0.5, 0.6) is 0 Å². The molecule has 0 radical (unpaired) electrons. The summed E-state index contributed by atoms with van der Waals surface area (Å²) >= 11 is 0. The summed E-state index contributed by atoms with van der Waals surface area (Å²) in [6.07, 6.45) is -4.00. The third-order valence-electron chi connectivity index (χ3n) is 3.04. The number of alkyl halides is 3. The number of carbonyl (C=O) groups excluding carboxylic acids is 1. The van der Waals surface area contributed by atoms with Crippen molar-refractivity contribution in [3.8, 4) is 0 Å². The highest BCUT2D eigenvalue weighted by Crippen LogP contribution is 2.36. The van der Waals surface area contributed by atoms with Gasteiger partial charge in [-0.3, -0.25) is 4.79 Å². The number of nitrogen functional groups attached to an aromatic ring is 1. The molecule has 0 saturated heterocycles. The molecule has 0 amide bonds. The third-order valence-corrected chi connectivity index (χ3v) is 3.04. The van der Waals surface area contributed by atoms with Crippen molar-refractivity contribution in [3.05, 3.63) is 35.4 Å². The first-order valence-electron chi connectivity index (χ1n) is 6.44. The average Bonchev–Trinajstić information content (AvgIpc) is 2.38. The zero-order chi connectivity index (χ0) is 16.2. The maximum absolute atomic E-state index is 13.0. The van der Waals surface area contributed by atoms with E-state index < -0.39 is 17.8 Å². The maximum Gasteiger partial charge on any atom is 0.418 e. The van der Waals surface area contributed by atoms with Gasteiger partial charge in [0.2, 0.25) is 0 Å². The summed E-state index contributed by atoms with van der Waals surface area (Å²) in [5.74, 6) is -0.234. The van der Waals surface area contributed by atoms with E-state index in [0.717, 1.165) is 6.07 Å². The second-order valence-corrected chi connectivity index (χ2v) is 4.61. The molecule has 0 saturated carbocycles. The summed E-state index contributed by atoms with van der Waals surface area (Å²) in [5.41, 5.74) is 4.75. The fourth-order valence-corrected chi connectivity index (χ4v) is 1.99. The molecule has 0 aliphatic rings. The molecule has 116 valence electrons. The SMILES string of the molecule is C=Cc1cc(C[C@@H](OCC)C(C)=O)cc(C(F)(F)F)c1N. The maximum atomic E-state index is 13.0. The van der Waals surface area contributed by atoms with Crippen LogP contribution in [0.15, 0.2) is 18.7 Å². The number of halogens is 3. The second kappa shape index (κ2) is 6.76. The van der Waals surface area contributed by atoms with Gasteiger partial charge in [-0.05, 0) is 37.1 Å². The van der Waals surface area contributed by atoms with Crippen molar-refractivity contribution in [2.45, 2.75) is 32.5 Å². The van der Waals surface area contributed by atoms with Gasteiger partial charge in [0.15, 0.2) is 5.78 Å². The number of rotatable bonds is 6. The van der Waals surface area contributed by atoms with Gasteiger partial charge >= 0.3 is 6.18 Å².